The van der Waals surface area contributed by atoms with Crippen molar-refractivity contribution in [2.75, 3.05) is 0 Å². The minimum absolute atomic E-state index is 1.16. The third-order valence-electron chi connectivity index (χ3n) is 4.70. The molecule has 0 saturated carbocycles. The molecule has 0 aromatic carbocycles. The lowest BCUT2D eigenvalue weighted by molar-refractivity contribution is -1.92. The first-order chi connectivity index (χ1) is 15.7. The highest BCUT2D eigenvalue weighted by Crippen LogP contribution is 2.08. The highest BCUT2D eigenvalue weighted by atomic mass is 35.7. The topological polar surface area (TPSA) is 187 Å². The Kier molecular flexibility index (Phi) is 17.2. The van der Waals surface area contributed by atoms with Gasteiger partial charge in [-0.05, 0) is 37.8 Å². The van der Waals surface area contributed by atoms with Crippen molar-refractivity contribution in [3.63, 3.8) is 0 Å². The first-order valence-electron chi connectivity index (χ1n) is 10.9. The van der Waals surface area contributed by atoms with E-state index in [1.165, 1.54) is 62.5 Å². The third kappa shape index (κ3) is 26.8. The van der Waals surface area contributed by atoms with Crippen LogP contribution >= 0.6 is 0 Å². The van der Waals surface area contributed by atoms with Gasteiger partial charge in [-0.1, -0.05) is 25.7 Å². The van der Waals surface area contributed by atoms with Crippen molar-refractivity contribution in [1.29, 1.82) is 0 Å². The van der Waals surface area contributed by atoms with Crippen LogP contribution in [-0.2, 0) is 13.1 Å². The van der Waals surface area contributed by atoms with Gasteiger partial charge in [0, 0.05) is 37.1 Å². The van der Waals surface area contributed by atoms with Crippen LogP contribution in [0.4, 0.5) is 0 Å². The summed E-state index contributed by atoms with van der Waals surface area (Å²) in [6, 6.07) is 8.76. The minimum atomic E-state index is -4.69. The van der Waals surface area contributed by atoms with Crippen LogP contribution in [0.15, 0.2) is 49.1 Å². The Bertz CT molecular complexity index is 674. The number of aromatic nitrogens is 2. The van der Waals surface area contributed by atoms with Crippen LogP contribution in [-0.4, -0.2) is 9.32 Å². The number of hydrogen-bond acceptors (Lipinski definition) is 8. The van der Waals surface area contributed by atoms with Crippen molar-refractivity contribution in [2.24, 2.45) is 0 Å². The molecule has 194 valence electrons. The van der Waals surface area contributed by atoms with Gasteiger partial charge in [-0.2, -0.15) is 28.0 Å². The molecule has 0 radical (unpaired) electrons. The number of unbranched alkanes of at least 4 members (excludes halogenated alkanes) is 7. The average Bonchev–Trinajstić information content (AvgIpc) is 2.70. The van der Waals surface area contributed by atoms with Crippen molar-refractivity contribution in [2.45, 2.75) is 78.3 Å². The highest BCUT2D eigenvalue weighted by Gasteiger charge is 2.01. The summed E-state index contributed by atoms with van der Waals surface area (Å²) in [5.74, 6) is 0. The smallest absolute Gasteiger partial charge is 0.169 e. The fourth-order valence-electron chi connectivity index (χ4n) is 3.01. The van der Waals surface area contributed by atoms with Gasteiger partial charge in [-0.15, -0.1) is 0 Å². The predicted octanol–water partition coefficient (Wildman–Crippen LogP) is -3.55. The Hall–Kier alpha value is -1.44. The summed E-state index contributed by atoms with van der Waals surface area (Å²) >= 11 is 0. The normalized spacial score (nSPS) is 11.2. The monoisotopic (exact) mass is 526 g/mol. The SMILES string of the molecule is Cc1cc[n+](CCCCCCCCCC[n+]2ccc(C)cc2)cc1.[O-][Cl+3]([O-])([O-])O.[O-][Cl+3]([O-])([O-])O. The van der Waals surface area contributed by atoms with Gasteiger partial charge in [-0.3, -0.25) is 0 Å². The Balaban J connectivity index is 0.000000916. The molecule has 0 bridgehead atoms. The number of halogens is 2. The number of pyridine rings is 2. The van der Waals surface area contributed by atoms with Gasteiger partial charge in [0.05, 0.1) is 29.8 Å². The van der Waals surface area contributed by atoms with E-state index in [9.17, 15) is 0 Å². The van der Waals surface area contributed by atoms with Gasteiger partial charge in [-0.25, -0.2) is 9.13 Å². The summed E-state index contributed by atoms with van der Waals surface area (Å²) in [4.78, 5) is 0. The van der Waals surface area contributed by atoms with Gasteiger partial charge in [0.2, 0.25) is 0 Å². The van der Waals surface area contributed by atoms with Gasteiger partial charge in [0.1, 0.15) is 13.1 Å². The van der Waals surface area contributed by atoms with Crippen LogP contribution in [0.3, 0.4) is 0 Å². The van der Waals surface area contributed by atoms with E-state index < -0.39 is 20.5 Å². The maximum Gasteiger partial charge on any atom is 0.169 e. The Morgan fingerprint density at radius 3 is 0.971 bits per heavy atom. The first kappa shape index (κ1) is 32.6. The molecule has 0 aliphatic rings. The summed E-state index contributed by atoms with van der Waals surface area (Å²) in [6.07, 6.45) is 19.7. The zero-order chi connectivity index (χ0) is 26.0. The van der Waals surface area contributed by atoms with E-state index in [0.717, 1.165) is 13.1 Å². The number of aryl methyl sites for hydroxylation is 4. The molecule has 2 aromatic heterocycles. The van der Waals surface area contributed by atoms with Crippen LogP contribution in [0.1, 0.15) is 62.5 Å². The fraction of sp³-hybridized carbons (Fsp3) is 0.545. The molecule has 2 aromatic rings. The van der Waals surface area contributed by atoms with Crippen LogP contribution in [0.5, 0.6) is 0 Å². The van der Waals surface area contributed by atoms with Crippen LogP contribution in [0.25, 0.3) is 0 Å². The Labute approximate surface area is 205 Å². The lowest BCUT2D eigenvalue weighted by atomic mass is 10.1. The molecule has 0 spiro atoms. The molecule has 2 heterocycles. The Morgan fingerprint density at radius 2 is 0.735 bits per heavy atom. The summed E-state index contributed by atoms with van der Waals surface area (Å²) in [6.45, 7) is 6.61. The third-order valence-corrected chi connectivity index (χ3v) is 4.70. The quantitative estimate of drug-likeness (QED) is 0.222. The molecular weight excluding hydrogens is 491 g/mol. The van der Waals surface area contributed by atoms with Crippen molar-refractivity contribution in [1.82, 2.24) is 0 Å². The molecule has 0 amide bonds. The van der Waals surface area contributed by atoms with Gasteiger partial charge >= 0.3 is 0 Å². The lowest BCUT2D eigenvalue weighted by Gasteiger charge is -2.03. The maximum atomic E-state index is 8.60. The minimum Gasteiger partial charge on any atom is -0.205 e. The number of nitrogens with zero attached hydrogens (tertiary/aromatic N) is 2. The number of hydrogen-bond donors (Lipinski definition) is 2. The predicted molar refractivity (Wildman–Crippen MR) is 104 cm³/mol. The van der Waals surface area contributed by atoms with Crippen LogP contribution < -0.4 is 37.1 Å². The van der Waals surface area contributed by atoms with E-state index >= 15 is 0 Å². The van der Waals surface area contributed by atoms with Crippen LogP contribution in [0.2, 0.25) is 0 Å². The molecular formula is C22H36Cl2N2O8+2. The van der Waals surface area contributed by atoms with Crippen molar-refractivity contribution >= 4 is 0 Å². The molecule has 0 aliphatic heterocycles. The first-order valence-corrected chi connectivity index (χ1v) is 13.4. The molecule has 0 atom stereocenters. The lowest BCUT2D eigenvalue weighted by Crippen LogP contribution is -2.58. The average molecular weight is 527 g/mol. The van der Waals surface area contributed by atoms with E-state index in [4.69, 9.17) is 37.3 Å². The standard InChI is InChI=1S/C22H34N2.2ClHO4/c1-21-11-17-23(18-12-21)15-9-7-5-3-4-6-8-10-16-24-19-13-22(2)14-20-24;2*2-1(3,4)5/h11-14,17-20H,3-10,15-16H2,1-2H3;2*(H,2,3,4,5)/q+2;;. The van der Waals surface area contributed by atoms with Crippen molar-refractivity contribution < 1.29 is 66.9 Å². The fourth-order valence-corrected chi connectivity index (χ4v) is 3.01. The van der Waals surface area contributed by atoms with E-state index in [-0.39, 0.29) is 0 Å². The second-order valence-electron chi connectivity index (χ2n) is 7.85. The van der Waals surface area contributed by atoms with E-state index in [2.05, 4.69) is 72.0 Å². The van der Waals surface area contributed by atoms with E-state index in [1.54, 1.807) is 0 Å². The van der Waals surface area contributed by atoms with Crippen LogP contribution in [0, 0.1) is 34.3 Å². The van der Waals surface area contributed by atoms with Gasteiger partial charge in [0.15, 0.2) is 24.8 Å². The Morgan fingerprint density at radius 1 is 0.529 bits per heavy atom. The molecule has 0 fully saturated rings. The largest absolute Gasteiger partial charge is 0.205 e. The van der Waals surface area contributed by atoms with E-state index in [1.807, 2.05) is 0 Å². The molecule has 2 rings (SSSR count). The van der Waals surface area contributed by atoms with Gasteiger partial charge in [0.25, 0.3) is 0 Å². The zero-order valence-electron chi connectivity index (χ0n) is 19.7. The molecule has 0 saturated heterocycles. The molecule has 10 nitrogen and oxygen atoms in total. The zero-order valence-corrected chi connectivity index (χ0v) is 21.2. The maximum absolute atomic E-state index is 8.60. The summed E-state index contributed by atoms with van der Waals surface area (Å²) in [7, 11) is -9.39. The molecule has 0 aliphatic carbocycles. The second kappa shape index (κ2) is 17.9. The highest BCUT2D eigenvalue weighted by molar-refractivity contribution is 5.03. The molecule has 0 unspecified atom stereocenters. The van der Waals surface area contributed by atoms with E-state index in [0.29, 0.717) is 0 Å². The molecule has 2 N–H and O–H groups in total. The second-order valence-corrected chi connectivity index (χ2v) is 9.43. The summed E-state index contributed by atoms with van der Waals surface area (Å²) in [5, 5.41) is 0. The summed E-state index contributed by atoms with van der Waals surface area (Å²) < 4.78 is 70.0. The summed E-state index contributed by atoms with van der Waals surface area (Å²) in [5.41, 5.74) is 2.68. The van der Waals surface area contributed by atoms with Gasteiger partial charge < -0.3 is 0 Å². The molecule has 34 heavy (non-hydrogen) atoms. The van der Waals surface area contributed by atoms with Crippen molar-refractivity contribution in [3.05, 3.63) is 60.2 Å². The number of rotatable bonds is 11. The molecule has 12 heteroatoms. The van der Waals surface area contributed by atoms with Crippen molar-refractivity contribution in [3.8, 4) is 0 Å².